The van der Waals surface area contributed by atoms with Gasteiger partial charge in [0.2, 0.25) is 5.91 Å². The first kappa shape index (κ1) is 13.5. The molecule has 16 heavy (non-hydrogen) atoms. The van der Waals surface area contributed by atoms with E-state index in [9.17, 15) is 4.79 Å². The van der Waals surface area contributed by atoms with E-state index in [1.54, 1.807) is 19.0 Å². The number of nitrogens with zero attached hydrogens (tertiary/aromatic N) is 1. The number of hydrogen-bond donors (Lipinski definition) is 1. The smallest absolute Gasteiger partial charge is 0.222 e. The zero-order chi connectivity index (χ0) is 12.0. The van der Waals surface area contributed by atoms with Gasteiger partial charge in [-0.05, 0) is 38.8 Å². The van der Waals surface area contributed by atoms with Gasteiger partial charge in [0.1, 0.15) is 0 Å². The first-order chi connectivity index (χ1) is 7.63. The molecule has 0 radical (unpaired) electrons. The lowest BCUT2D eigenvalue weighted by molar-refractivity contribution is -0.129. The van der Waals surface area contributed by atoms with Crippen LogP contribution in [0.5, 0.6) is 0 Å². The molecule has 0 aromatic rings. The highest BCUT2D eigenvalue weighted by molar-refractivity contribution is 5.75. The second-order valence-electron chi connectivity index (χ2n) is 4.78. The predicted octanol–water partition coefficient (Wildman–Crippen LogP) is 0.869. The Kier molecular flexibility index (Phi) is 5.77. The molecule has 4 heteroatoms. The van der Waals surface area contributed by atoms with Gasteiger partial charge in [0, 0.05) is 27.1 Å². The Balaban J connectivity index is 1.92. The first-order valence-corrected chi connectivity index (χ1v) is 6.09. The predicted molar refractivity (Wildman–Crippen MR) is 64.3 cm³/mol. The van der Waals surface area contributed by atoms with Crippen LogP contribution in [0.25, 0.3) is 0 Å². The van der Waals surface area contributed by atoms with Gasteiger partial charge in [-0.3, -0.25) is 4.79 Å². The topological polar surface area (TPSA) is 41.6 Å². The van der Waals surface area contributed by atoms with Crippen molar-refractivity contribution in [1.82, 2.24) is 10.2 Å². The lowest BCUT2D eigenvalue weighted by Gasteiger charge is -2.35. The van der Waals surface area contributed by atoms with Crippen LogP contribution in [0.2, 0.25) is 0 Å². The number of hydrogen-bond acceptors (Lipinski definition) is 3. The van der Waals surface area contributed by atoms with Crippen molar-refractivity contribution in [2.75, 3.05) is 34.3 Å². The van der Waals surface area contributed by atoms with Crippen LogP contribution in [0.1, 0.15) is 25.7 Å². The van der Waals surface area contributed by atoms with Crippen molar-refractivity contribution in [2.45, 2.75) is 31.8 Å². The van der Waals surface area contributed by atoms with Crippen LogP contribution in [0.4, 0.5) is 0 Å². The highest BCUT2D eigenvalue weighted by Crippen LogP contribution is 2.29. The molecule has 1 aliphatic carbocycles. The monoisotopic (exact) mass is 228 g/mol. The van der Waals surface area contributed by atoms with Crippen molar-refractivity contribution in [3.8, 4) is 0 Å². The number of nitrogens with one attached hydrogen (secondary N) is 1. The summed E-state index contributed by atoms with van der Waals surface area (Å²) in [6.07, 6.45) is 4.21. The van der Waals surface area contributed by atoms with E-state index >= 15 is 0 Å². The van der Waals surface area contributed by atoms with Crippen molar-refractivity contribution in [3.05, 3.63) is 0 Å². The molecule has 1 saturated carbocycles. The Morgan fingerprint density at radius 2 is 2.12 bits per heavy atom. The molecule has 0 aromatic heterocycles. The van der Waals surface area contributed by atoms with Gasteiger partial charge in [0.15, 0.2) is 0 Å². The molecule has 0 unspecified atom stereocenters. The van der Waals surface area contributed by atoms with Crippen molar-refractivity contribution >= 4 is 5.91 Å². The Morgan fingerprint density at radius 3 is 2.69 bits per heavy atom. The molecular formula is C12H24N2O2. The van der Waals surface area contributed by atoms with E-state index in [1.165, 1.54) is 12.8 Å². The molecular weight excluding hydrogens is 204 g/mol. The summed E-state index contributed by atoms with van der Waals surface area (Å²) in [6, 6.07) is 0. The van der Waals surface area contributed by atoms with Gasteiger partial charge in [-0.15, -0.1) is 0 Å². The molecule has 0 bridgehead atoms. The summed E-state index contributed by atoms with van der Waals surface area (Å²) in [7, 11) is 5.57. The lowest BCUT2D eigenvalue weighted by atomic mass is 9.82. The van der Waals surface area contributed by atoms with Crippen molar-refractivity contribution in [1.29, 1.82) is 0 Å². The van der Waals surface area contributed by atoms with Gasteiger partial charge >= 0.3 is 0 Å². The third-order valence-corrected chi connectivity index (χ3v) is 3.07. The fourth-order valence-electron chi connectivity index (χ4n) is 1.96. The minimum atomic E-state index is 0.185. The quantitative estimate of drug-likeness (QED) is 0.657. The Bertz CT molecular complexity index is 213. The number of rotatable bonds is 7. The minimum Gasteiger partial charge on any atom is -0.378 e. The third-order valence-electron chi connectivity index (χ3n) is 3.07. The van der Waals surface area contributed by atoms with Crippen LogP contribution in [0.15, 0.2) is 0 Å². The second-order valence-corrected chi connectivity index (χ2v) is 4.78. The maximum absolute atomic E-state index is 11.3. The number of carbonyl (C=O) groups is 1. The molecule has 1 aliphatic rings. The van der Waals surface area contributed by atoms with Gasteiger partial charge in [0.05, 0.1) is 6.10 Å². The normalized spacial score (nSPS) is 23.9. The fraction of sp³-hybridized carbons (Fsp3) is 0.917. The third kappa shape index (κ3) is 4.49. The molecule has 0 aliphatic heterocycles. The number of carbonyl (C=O) groups excluding carboxylic acids is 1. The van der Waals surface area contributed by atoms with E-state index in [2.05, 4.69) is 5.32 Å². The maximum Gasteiger partial charge on any atom is 0.222 e. The molecule has 1 amide bonds. The van der Waals surface area contributed by atoms with E-state index in [-0.39, 0.29) is 5.91 Å². The summed E-state index contributed by atoms with van der Waals surface area (Å²) in [5.74, 6) is 0.976. The highest BCUT2D eigenvalue weighted by atomic mass is 16.5. The molecule has 1 N–H and O–H groups in total. The minimum absolute atomic E-state index is 0.185. The first-order valence-electron chi connectivity index (χ1n) is 6.09. The van der Waals surface area contributed by atoms with E-state index in [0.717, 1.165) is 25.5 Å². The highest BCUT2D eigenvalue weighted by Gasteiger charge is 2.28. The van der Waals surface area contributed by atoms with Crippen molar-refractivity contribution in [3.63, 3.8) is 0 Å². The standard InChI is InChI=1S/C12H24N2O2/c1-13-9-10-7-11(8-10)16-6-4-5-12(15)14(2)3/h10-11,13H,4-9H2,1-3H3. The second kappa shape index (κ2) is 6.86. The molecule has 0 saturated heterocycles. The summed E-state index contributed by atoms with van der Waals surface area (Å²) in [6.45, 7) is 1.81. The molecule has 1 rings (SSSR count). The summed E-state index contributed by atoms with van der Waals surface area (Å²) < 4.78 is 5.69. The fourth-order valence-corrected chi connectivity index (χ4v) is 1.96. The van der Waals surface area contributed by atoms with Gasteiger partial charge in [-0.25, -0.2) is 0 Å². The van der Waals surface area contributed by atoms with Crippen LogP contribution < -0.4 is 5.32 Å². The van der Waals surface area contributed by atoms with Crippen LogP contribution in [-0.4, -0.2) is 51.2 Å². The van der Waals surface area contributed by atoms with Gasteiger partial charge in [-0.1, -0.05) is 0 Å². The summed E-state index contributed by atoms with van der Waals surface area (Å²) >= 11 is 0. The van der Waals surface area contributed by atoms with Gasteiger partial charge in [0.25, 0.3) is 0 Å². The molecule has 0 spiro atoms. The van der Waals surface area contributed by atoms with Crippen LogP contribution >= 0.6 is 0 Å². The number of ether oxygens (including phenoxy) is 1. The molecule has 0 heterocycles. The van der Waals surface area contributed by atoms with E-state index in [1.807, 2.05) is 7.05 Å². The molecule has 1 fully saturated rings. The van der Waals surface area contributed by atoms with E-state index in [4.69, 9.17) is 4.74 Å². The molecule has 4 nitrogen and oxygen atoms in total. The average molecular weight is 228 g/mol. The van der Waals surface area contributed by atoms with E-state index in [0.29, 0.717) is 12.5 Å². The lowest BCUT2D eigenvalue weighted by Crippen LogP contribution is -2.37. The average Bonchev–Trinajstić information content (AvgIpc) is 2.19. The van der Waals surface area contributed by atoms with E-state index < -0.39 is 0 Å². The zero-order valence-electron chi connectivity index (χ0n) is 10.7. The molecule has 0 aromatic carbocycles. The molecule has 0 atom stereocenters. The summed E-state index contributed by atoms with van der Waals surface area (Å²) in [5, 5.41) is 3.18. The van der Waals surface area contributed by atoms with Crippen LogP contribution in [0, 0.1) is 5.92 Å². The Labute approximate surface area is 98.3 Å². The molecule has 94 valence electrons. The maximum atomic E-state index is 11.3. The Hall–Kier alpha value is -0.610. The van der Waals surface area contributed by atoms with Crippen LogP contribution in [0.3, 0.4) is 0 Å². The zero-order valence-corrected chi connectivity index (χ0v) is 10.7. The largest absolute Gasteiger partial charge is 0.378 e. The SMILES string of the molecule is CNCC1CC(OCCCC(=O)N(C)C)C1. The van der Waals surface area contributed by atoms with Gasteiger partial charge in [-0.2, -0.15) is 0 Å². The van der Waals surface area contributed by atoms with Crippen molar-refractivity contribution in [2.24, 2.45) is 5.92 Å². The Morgan fingerprint density at radius 1 is 1.44 bits per heavy atom. The van der Waals surface area contributed by atoms with Crippen LogP contribution in [-0.2, 0) is 9.53 Å². The summed E-state index contributed by atoms with van der Waals surface area (Å²) in [5.41, 5.74) is 0. The number of amides is 1. The van der Waals surface area contributed by atoms with Crippen molar-refractivity contribution < 1.29 is 9.53 Å². The van der Waals surface area contributed by atoms with Gasteiger partial charge < -0.3 is 15.0 Å². The summed E-state index contributed by atoms with van der Waals surface area (Å²) in [4.78, 5) is 12.9.